The molecule has 1 aromatic heterocycles. The molecule has 0 radical (unpaired) electrons. The second-order valence-electron chi connectivity index (χ2n) is 5.57. The molecule has 110 valence electrons. The third kappa shape index (κ3) is 4.25. The van der Waals surface area contributed by atoms with Crippen LogP contribution in [0.5, 0.6) is 0 Å². The Bertz CT molecular complexity index is 372. The lowest BCUT2D eigenvalue weighted by molar-refractivity contribution is 0.494. The first-order valence-electron chi connectivity index (χ1n) is 7.26. The van der Waals surface area contributed by atoms with E-state index in [1.165, 1.54) is 24.1 Å². The highest BCUT2D eigenvalue weighted by Crippen LogP contribution is 2.29. The molecule has 3 nitrogen and oxygen atoms in total. The van der Waals surface area contributed by atoms with Gasteiger partial charge in [0.2, 0.25) is 0 Å². The van der Waals surface area contributed by atoms with Crippen molar-refractivity contribution in [1.82, 2.24) is 15.1 Å². The summed E-state index contributed by atoms with van der Waals surface area (Å²) < 4.78 is 2.30. The van der Waals surface area contributed by atoms with Crippen molar-refractivity contribution in [3.8, 4) is 0 Å². The number of aryl methyl sites for hydroxylation is 1. The Morgan fingerprint density at radius 2 is 2.00 bits per heavy atom. The van der Waals surface area contributed by atoms with Crippen molar-refractivity contribution in [2.24, 2.45) is 7.05 Å². The van der Waals surface area contributed by atoms with Gasteiger partial charge in [-0.3, -0.25) is 4.68 Å². The van der Waals surface area contributed by atoms with Crippen LogP contribution in [0.15, 0.2) is 6.20 Å². The van der Waals surface area contributed by atoms with Crippen molar-refractivity contribution in [2.45, 2.75) is 57.7 Å². The average Bonchev–Trinajstić information content (AvgIpc) is 2.77. The van der Waals surface area contributed by atoms with E-state index >= 15 is 0 Å². The molecule has 0 unspecified atom stereocenters. The standard InChI is InChI=1S/C15H29N3S/c1-7-15(8-2,19-6)11-16-9-13-10-18(5)17-14(13)12(3)4/h10,12,16H,7-9,11H2,1-6H3. The monoisotopic (exact) mass is 283 g/mol. The molecule has 0 aromatic carbocycles. The maximum Gasteiger partial charge on any atom is 0.0694 e. The molecule has 4 heteroatoms. The van der Waals surface area contributed by atoms with Crippen LogP contribution >= 0.6 is 11.8 Å². The van der Waals surface area contributed by atoms with Gasteiger partial charge in [-0.15, -0.1) is 0 Å². The van der Waals surface area contributed by atoms with E-state index in [2.05, 4.69) is 50.6 Å². The molecule has 0 atom stereocenters. The van der Waals surface area contributed by atoms with E-state index in [1.54, 1.807) is 0 Å². The maximum absolute atomic E-state index is 4.56. The number of thioether (sulfide) groups is 1. The summed E-state index contributed by atoms with van der Waals surface area (Å²) in [5.41, 5.74) is 2.55. The molecule has 0 amide bonds. The lowest BCUT2D eigenvalue weighted by Crippen LogP contribution is -2.36. The first-order chi connectivity index (χ1) is 8.98. The summed E-state index contributed by atoms with van der Waals surface area (Å²) in [7, 11) is 2.00. The lowest BCUT2D eigenvalue weighted by atomic mass is 10.0. The molecule has 1 heterocycles. The van der Waals surface area contributed by atoms with Crippen molar-refractivity contribution in [1.29, 1.82) is 0 Å². The lowest BCUT2D eigenvalue weighted by Gasteiger charge is -2.30. The normalized spacial score (nSPS) is 12.4. The zero-order chi connectivity index (χ0) is 14.5. The minimum absolute atomic E-state index is 0.375. The second kappa shape index (κ2) is 7.34. The first kappa shape index (κ1) is 16.6. The molecule has 0 aliphatic rings. The second-order valence-corrected chi connectivity index (χ2v) is 6.84. The maximum atomic E-state index is 4.56. The highest BCUT2D eigenvalue weighted by atomic mass is 32.2. The summed E-state index contributed by atoms with van der Waals surface area (Å²) in [6.07, 6.45) is 6.78. The molecule has 1 rings (SSSR count). The number of nitrogens with zero attached hydrogens (tertiary/aromatic N) is 2. The fourth-order valence-corrected chi connectivity index (χ4v) is 3.29. The predicted octanol–water partition coefficient (Wildman–Crippen LogP) is 3.55. The largest absolute Gasteiger partial charge is 0.311 e. The Balaban J connectivity index is 2.62. The zero-order valence-corrected chi connectivity index (χ0v) is 14.1. The molecule has 1 N–H and O–H groups in total. The summed E-state index contributed by atoms with van der Waals surface area (Å²) in [4.78, 5) is 0. The Kier molecular flexibility index (Phi) is 6.40. The molecule has 0 saturated carbocycles. The van der Waals surface area contributed by atoms with Gasteiger partial charge < -0.3 is 5.32 Å². The molecule has 19 heavy (non-hydrogen) atoms. The fraction of sp³-hybridized carbons (Fsp3) is 0.800. The summed E-state index contributed by atoms with van der Waals surface area (Å²) >= 11 is 1.98. The van der Waals surface area contributed by atoms with Gasteiger partial charge >= 0.3 is 0 Å². The van der Waals surface area contributed by atoms with E-state index in [4.69, 9.17) is 0 Å². The zero-order valence-electron chi connectivity index (χ0n) is 13.3. The van der Waals surface area contributed by atoms with Crippen molar-refractivity contribution in [2.75, 3.05) is 12.8 Å². The van der Waals surface area contributed by atoms with Crippen LogP contribution in [-0.4, -0.2) is 27.3 Å². The average molecular weight is 283 g/mol. The van der Waals surface area contributed by atoms with Crippen molar-refractivity contribution >= 4 is 11.8 Å². The van der Waals surface area contributed by atoms with Crippen molar-refractivity contribution < 1.29 is 0 Å². The van der Waals surface area contributed by atoms with Crippen LogP contribution < -0.4 is 5.32 Å². The van der Waals surface area contributed by atoms with Crippen LogP contribution in [-0.2, 0) is 13.6 Å². The number of nitrogens with one attached hydrogen (secondary N) is 1. The topological polar surface area (TPSA) is 29.9 Å². The van der Waals surface area contributed by atoms with E-state index in [-0.39, 0.29) is 0 Å². The molecule has 0 aliphatic carbocycles. The van der Waals surface area contributed by atoms with Gasteiger partial charge in [-0.2, -0.15) is 16.9 Å². The summed E-state index contributed by atoms with van der Waals surface area (Å²) in [5, 5.41) is 8.19. The van der Waals surface area contributed by atoms with Crippen LogP contribution in [0.4, 0.5) is 0 Å². The van der Waals surface area contributed by atoms with E-state index in [9.17, 15) is 0 Å². The predicted molar refractivity (Wildman–Crippen MR) is 85.8 cm³/mol. The summed E-state index contributed by atoms with van der Waals surface area (Å²) in [6.45, 7) is 11.0. The highest BCUT2D eigenvalue weighted by molar-refractivity contribution is 8.00. The Labute approximate surface area is 122 Å². The van der Waals surface area contributed by atoms with Gasteiger partial charge in [0.05, 0.1) is 5.69 Å². The third-order valence-corrected chi connectivity index (χ3v) is 5.56. The summed E-state index contributed by atoms with van der Waals surface area (Å²) in [5.74, 6) is 0.487. The Morgan fingerprint density at radius 3 is 2.47 bits per heavy atom. The van der Waals surface area contributed by atoms with Gasteiger partial charge in [0, 0.05) is 36.6 Å². The molecule has 0 fully saturated rings. The molecular formula is C15H29N3S. The molecule has 1 aromatic rings. The van der Waals surface area contributed by atoms with Crippen molar-refractivity contribution in [3.05, 3.63) is 17.5 Å². The van der Waals surface area contributed by atoms with Gasteiger partial charge in [0.15, 0.2) is 0 Å². The molecule has 0 aliphatic heterocycles. The van der Waals surface area contributed by atoms with E-state index in [0.29, 0.717) is 10.7 Å². The van der Waals surface area contributed by atoms with E-state index in [1.807, 2.05) is 23.5 Å². The van der Waals surface area contributed by atoms with Gasteiger partial charge in [0.1, 0.15) is 0 Å². The van der Waals surface area contributed by atoms with Crippen LogP contribution in [0, 0.1) is 0 Å². The van der Waals surface area contributed by atoms with Crippen molar-refractivity contribution in [3.63, 3.8) is 0 Å². The van der Waals surface area contributed by atoms with Crippen LogP contribution in [0.1, 0.15) is 57.7 Å². The minimum atomic E-state index is 0.375. The fourth-order valence-electron chi connectivity index (χ4n) is 2.46. The minimum Gasteiger partial charge on any atom is -0.311 e. The molecular weight excluding hydrogens is 254 g/mol. The number of rotatable bonds is 8. The van der Waals surface area contributed by atoms with Crippen LogP contribution in [0.2, 0.25) is 0 Å². The van der Waals surface area contributed by atoms with Gasteiger partial charge in [-0.25, -0.2) is 0 Å². The van der Waals surface area contributed by atoms with Crippen LogP contribution in [0.3, 0.4) is 0 Å². The first-order valence-corrected chi connectivity index (χ1v) is 8.48. The number of hydrogen-bond donors (Lipinski definition) is 1. The van der Waals surface area contributed by atoms with Gasteiger partial charge in [0.25, 0.3) is 0 Å². The molecule has 0 bridgehead atoms. The van der Waals surface area contributed by atoms with Gasteiger partial charge in [-0.1, -0.05) is 27.7 Å². The van der Waals surface area contributed by atoms with E-state index < -0.39 is 0 Å². The Hall–Kier alpha value is -0.480. The number of hydrogen-bond acceptors (Lipinski definition) is 3. The summed E-state index contributed by atoms with van der Waals surface area (Å²) in [6, 6.07) is 0. The van der Waals surface area contributed by atoms with Gasteiger partial charge in [-0.05, 0) is 25.0 Å². The number of aromatic nitrogens is 2. The molecule has 0 saturated heterocycles. The SMILES string of the molecule is CCC(CC)(CNCc1cn(C)nc1C(C)C)SC. The quantitative estimate of drug-likeness (QED) is 0.791. The van der Waals surface area contributed by atoms with E-state index in [0.717, 1.165) is 13.1 Å². The van der Waals surface area contributed by atoms with Crippen LogP contribution in [0.25, 0.3) is 0 Å². The third-order valence-electron chi connectivity index (χ3n) is 3.97. The highest BCUT2D eigenvalue weighted by Gasteiger charge is 2.24. The molecule has 0 spiro atoms. The smallest absolute Gasteiger partial charge is 0.0694 e. The Morgan fingerprint density at radius 1 is 1.37 bits per heavy atom.